The predicted octanol–water partition coefficient (Wildman–Crippen LogP) is 5.47. The fraction of sp³-hybridized carbons (Fsp3) is 0.400. The maximum absolute atomic E-state index is 6.59. The highest BCUT2D eigenvalue weighted by molar-refractivity contribution is 5.15. The van der Waals surface area contributed by atoms with Crippen molar-refractivity contribution in [3.8, 4) is 0 Å². The minimum atomic E-state index is -0.0292. The van der Waals surface area contributed by atoms with Crippen LogP contribution in [-0.2, 0) is 34.0 Å². The van der Waals surface area contributed by atoms with Crippen LogP contribution in [0.25, 0.3) is 0 Å². The average Bonchev–Trinajstić information content (AvgIpc) is 3.65. The number of nitrogens with zero attached hydrogens (tertiary/aromatic N) is 1. The number of hydrogen-bond donors (Lipinski definition) is 0. The van der Waals surface area contributed by atoms with Gasteiger partial charge in [0.05, 0.1) is 38.6 Å². The number of rotatable bonds is 12. The van der Waals surface area contributed by atoms with Gasteiger partial charge >= 0.3 is 0 Å². The van der Waals surface area contributed by atoms with Crippen LogP contribution in [0.15, 0.2) is 91.0 Å². The van der Waals surface area contributed by atoms with E-state index in [0.717, 1.165) is 19.0 Å². The smallest absolute Gasteiger partial charge is 0.103 e. The molecule has 5 rings (SSSR count). The highest BCUT2D eigenvalue weighted by Gasteiger charge is 2.45. The van der Waals surface area contributed by atoms with Crippen LogP contribution >= 0.6 is 0 Å². The van der Waals surface area contributed by atoms with Gasteiger partial charge in [-0.05, 0) is 35.4 Å². The monoisotopic (exact) mass is 457 g/mol. The summed E-state index contributed by atoms with van der Waals surface area (Å²) < 4.78 is 19.3. The second-order valence-electron chi connectivity index (χ2n) is 9.56. The second kappa shape index (κ2) is 11.8. The van der Waals surface area contributed by atoms with Crippen LogP contribution in [0.5, 0.6) is 0 Å². The first kappa shape index (κ1) is 23.3. The number of hydrogen-bond acceptors (Lipinski definition) is 4. The quantitative estimate of drug-likeness (QED) is 0.361. The van der Waals surface area contributed by atoms with Crippen molar-refractivity contribution in [2.45, 2.75) is 50.9 Å². The molecule has 3 aromatic carbocycles. The van der Waals surface area contributed by atoms with E-state index < -0.39 is 0 Å². The van der Waals surface area contributed by atoms with Gasteiger partial charge in [0.1, 0.15) is 6.10 Å². The highest BCUT2D eigenvalue weighted by Crippen LogP contribution is 2.34. The van der Waals surface area contributed by atoms with E-state index in [1.807, 2.05) is 18.2 Å². The fourth-order valence-corrected chi connectivity index (χ4v) is 4.75. The Bertz CT molecular complexity index is 978. The Kier molecular flexibility index (Phi) is 8.05. The lowest BCUT2D eigenvalue weighted by Gasteiger charge is -2.28. The summed E-state index contributed by atoms with van der Waals surface area (Å²) in [5.74, 6) is 0.805. The molecule has 178 valence electrons. The molecule has 3 atom stereocenters. The lowest BCUT2D eigenvalue weighted by molar-refractivity contribution is -0.0817. The topological polar surface area (TPSA) is 30.9 Å². The third kappa shape index (κ3) is 6.55. The molecule has 1 saturated carbocycles. The lowest BCUT2D eigenvalue weighted by Crippen LogP contribution is -2.42. The van der Waals surface area contributed by atoms with Crippen LogP contribution in [0.1, 0.15) is 29.5 Å². The van der Waals surface area contributed by atoms with Crippen molar-refractivity contribution in [3.63, 3.8) is 0 Å². The molecule has 2 aliphatic rings. The Balaban J connectivity index is 1.28. The van der Waals surface area contributed by atoms with Gasteiger partial charge in [-0.3, -0.25) is 4.90 Å². The van der Waals surface area contributed by atoms with E-state index in [-0.39, 0.29) is 18.2 Å². The van der Waals surface area contributed by atoms with Crippen LogP contribution in [0.2, 0.25) is 0 Å². The Morgan fingerprint density at radius 1 is 0.647 bits per heavy atom. The zero-order valence-electron chi connectivity index (χ0n) is 19.8. The first-order valence-corrected chi connectivity index (χ1v) is 12.5. The van der Waals surface area contributed by atoms with Crippen LogP contribution < -0.4 is 0 Å². The molecule has 4 heteroatoms. The van der Waals surface area contributed by atoms with Gasteiger partial charge in [0.2, 0.25) is 0 Å². The Morgan fingerprint density at radius 3 is 1.74 bits per heavy atom. The van der Waals surface area contributed by atoms with Crippen molar-refractivity contribution in [2.75, 3.05) is 19.7 Å². The maximum Gasteiger partial charge on any atom is 0.103 e. The molecule has 0 bridgehead atoms. The molecule has 1 aliphatic heterocycles. The standard InChI is InChI=1S/C30H35NO3/c1-4-10-25(11-5-1)20-32-23-28-30(34-22-27-14-8-3-9-15-27)29(19-31(28)18-24-16-17-24)33-21-26-12-6-2-7-13-26/h1-15,24,28-30H,16-23H2/t28?,29-,30-/m1/s1. The van der Waals surface area contributed by atoms with Crippen molar-refractivity contribution < 1.29 is 14.2 Å². The summed E-state index contributed by atoms with van der Waals surface area (Å²) in [4.78, 5) is 2.56. The third-order valence-corrected chi connectivity index (χ3v) is 6.81. The summed E-state index contributed by atoms with van der Waals surface area (Å²) in [6, 6.07) is 31.4. The van der Waals surface area contributed by atoms with E-state index in [4.69, 9.17) is 14.2 Å². The predicted molar refractivity (Wildman–Crippen MR) is 134 cm³/mol. The molecule has 4 nitrogen and oxygen atoms in total. The van der Waals surface area contributed by atoms with Crippen LogP contribution in [0.3, 0.4) is 0 Å². The number of benzene rings is 3. The van der Waals surface area contributed by atoms with Gasteiger partial charge in [0, 0.05) is 13.1 Å². The Labute approximate surface area is 203 Å². The summed E-state index contributed by atoms with van der Waals surface area (Å²) >= 11 is 0. The van der Waals surface area contributed by atoms with Crippen LogP contribution in [0.4, 0.5) is 0 Å². The molecule has 0 aromatic heterocycles. The van der Waals surface area contributed by atoms with Crippen molar-refractivity contribution >= 4 is 0 Å². The zero-order valence-corrected chi connectivity index (χ0v) is 19.8. The molecule has 0 radical (unpaired) electrons. The summed E-state index contributed by atoms with van der Waals surface area (Å²) in [5, 5.41) is 0. The fourth-order valence-electron chi connectivity index (χ4n) is 4.75. The van der Waals surface area contributed by atoms with Crippen molar-refractivity contribution in [2.24, 2.45) is 5.92 Å². The molecule has 1 aliphatic carbocycles. The van der Waals surface area contributed by atoms with Crippen molar-refractivity contribution in [1.29, 1.82) is 0 Å². The largest absolute Gasteiger partial charge is 0.375 e. The van der Waals surface area contributed by atoms with Gasteiger partial charge in [-0.25, -0.2) is 0 Å². The van der Waals surface area contributed by atoms with Gasteiger partial charge in [0.25, 0.3) is 0 Å². The molecule has 1 unspecified atom stereocenters. The van der Waals surface area contributed by atoms with E-state index in [2.05, 4.69) is 77.7 Å². The molecular weight excluding hydrogens is 422 g/mol. The van der Waals surface area contributed by atoms with Crippen LogP contribution in [-0.4, -0.2) is 42.8 Å². The van der Waals surface area contributed by atoms with Crippen molar-refractivity contribution in [3.05, 3.63) is 108 Å². The molecule has 0 spiro atoms. The van der Waals surface area contributed by atoms with E-state index in [1.54, 1.807) is 0 Å². The van der Waals surface area contributed by atoms with Gasteiger partial charge in [-0.1, -0.05) is 91.0 Å². The van der Waals surface area contributed by atoms with Gasteiger partial charge in [-0.15, -0.1) is 0 Å². The molecule has 2 fully saturated rings. The Morgan fingerprint density at radius 2 is 1.18 bits per heavy atom. The highest BCUT2D eigenvalue weighted by atomic mass is 16.5. The van der Waals surface area contributed by atoms with E-state index in [9.17, 15) is 0 Å². The summed E-state index contributed by atoms with van der Waals surface area (Å²) in [7, 11) is 0. The van der Waals surface area contributed by atoms with Crippen molar-refractivity contribution in [1.82, 2.24) is 4.90 Å². The Hall–Kier alpha value is -2.50. The molecule has 1 heterocycles. The second-order valence-corrected chi connectivity index (χ2v) is 9.56. The molecular formula is C30H35NO3. The molecule has 1 saturated heterocycles. The summed E-state index contributed by atoms with van der Waals surface area (Å²) in [6.07, 6.45) is 2.66. The van der Waals surface area contributed by atoms with E-state index >= 15 is 0 Å². The number of likely N-dealkylation sites (tertiary alicyclic amines) is 1. The SMILES string of the molecule is c1ccc(COCC2[C@@H](OCc3ccccc3)[C@H](OCc3ccccc3)CN2CC2CC2)cc1. The van der Waals surface area contributed by atoms with E-state index in [1.165, 1.54) is 29.5 Å². The third-order valence-electron chi connectivity index (χ3n) is 6.81. The maximum atomic E-state index is 6.59. The first-order chi connectivity index (χ1) is 16.8. The summed E-state index contributed by atoms with van der Waals surface area (Å²) in [5.41, 5.74) is 3.59. The van der Waals surface area contributed by atoms with Crippen LogP contribution in [0, 0.1) is 5.92 Å². The zero-order chi connectivity index (χ0) is 23.0. The van der Waals surface area contributed by atoms with E-state index in [0.29, 0.717) is 26.4 Å². The number of ether oxygens (including phenoxy) is 3. The molecule has 3 aromatic rings. The summed E-state index contributed by atoms with van der Waals surface area (Å²) in [6.45, 7) is 4.45. The minimum absolute atomic E-state index is 0.0213. The first-order valence-electron chi connectivity index (χ1n) is 12.5. The lowest BCUT2D eigenvalue weighted by atomic mass is 10.1. The average molecular weight is 458 g/mol. The van der Waals surface area contributed by atoms with Gasteiger partial charge < -0.3 is 14.2 Å². The molecule has 34 heavy (non-hydrogen) atoms. The van der Waals surface area contributed by atoms with Gasteiger partial charge in [0.15, 0.2) is 0 Å². The molecule has 0 N–H and O–H groups in total. The minimum Gasteiger partial charge on any atom is -0.375 e. The van der Waals surface area contributed by atoms with Gasteiger partial charge in [-0.2, -0.15) is 0 Å². The normalized spacial score (nSPS) is 22.8. The molecule has 0 amide bonds.